The molecule has 0 radical (unpaired) electrons. The Balaban J connectivity index is 1.96. The van der Waals surface area contributed by atoms with Crippen LogP contribution in [0, 0.1) is 0 Å². The van der Waals surface area contributed by atoms with Gasteiger partial charge in [0.25, 0.3) is 0 Å². The molecule has 1 aliphatic heterocycles. The summed E-state index contributed by atoms with van der Waals surface area (Å²) in [6.45, 7) is 3.22. The van der Waals surface area contributed by atoms with Gasteiger partial charge in [0.2, 0.25) is 21.8 Å². The molecule has 9 nitrogen and oxygen atoms in total. The minimum Gasteiger partial charge on any atom is -0.486 e. The van der Waals surface area contributed by atoms with Crippen LogP contribution in [0.25, 0.3) is 0 Å². The third kappa shape index (κ3) is 6.31. The summed E-state index contributed by atoms with van der Waals surface area (Å²) in [6, 6.07) is 8.60. The van der Waals surface area contributed by atoms with E-state index in [-0.39, 0.29) is 18.0 Å². The number of rotatable bonds is 9. The van der Waals surface area contributed by atoms with Crippen molar-refractivity contribution in [1.82, 2.24) is 10.2 Å². The summed E-state index contributed by atoms with van der Waals surface area (Å²) in [5.74, 6) is -0.344. The van der Waals surface area contributed by atoms with E-state index in [1.807, 2.05) is 0 Å². The minimum absolute atomic E-state index is 0.0232. The number of nitrogens with zero attached hydrogens (tertiary/aromatic N) is 2. The lowest BCUT2D eigenvalue weighted by molar-refractivity contribution is -0.139. The summed E-state index contributed by atoms with van der Waals surface area (Å²) >= 11 is 12.3. The fourth-order valence-corrected chi connectivity index (χ4v) is 5.05. The molecule has 0 saturated heterocycles. The van der Waals surface area contributed by atoms with E-state index in [0.29, 0.717) is 40.3 Å². The third-order valence-electron chi connectivity index (χ3n) is 5.56. The second-order valence-corrected chi connectivity index (χ2v) is 10.8. The lowest BCUT2D eigenvalue weighted by Crippen LogP contribution is -2.51. The van der Waals surface area contributed by atoms with Crippen LogP contribution >= 0.6 is 23.2 Å². The molecule has 3 rings (SSSR count). The molecule has 0 spiro atoms. The first kappa shape index (κ1) is 26.9. The van der Waals surface area contributed by atoms with Crippen LogP contribution in [0.4, 0.5) is 5.69 Å². The number of nitrogens with one attached hydrogen (secondary N) is 1. The van der Waals surface area contributed by atoms with Gasteiger partial charge in [0.15, 0.2) is 11.5 Å². The molecule has 0 aromatic heterocycles. The highest BCUT2D eigenvalue weighted by Gasteiger charge is 2.31. The van der Waals surface area contributed by atoms with Crippen LogP contribution in [-0.2, 0) is 26.2 Å². The Bertz CT molecular complexity index is 1210. The number of hydrogen-bond donors (Lipinski definition) is 1. The van der Waals surface area contributed by atoms with Crippen LogP contribution < -0.4 is 19.1 Å². The van der Waals surface area contributed by atoms with Gasteiger partial charge in [0.1, 0.15) is 25.8 Å². The Kier molecular flexibility index (Phi) is 8.74. The lowest BCUT2D eigenvalue weighted by Gasteiger charge is -2.32. The molecule has 2 amide bonds. The number of likely N-dealkylation sites (N-methyl/N-ethyl adjacent to an activating group) is 1. The van der Waals surface area contributed by atoms with Gasteiger partial charge in [-0.2, -0.15) is 0 Å². The maximum Gasteiger partial charge on any atom is 0.244 e. The predicted octanol–water partition coefficient (Wildman–Crippen LogP) is 3.08. The summed E-state index contributed by atoms with van der Waals surface area (Å²) in [7, 11) is -2.40. The number of carbonyl (C=O) groups is 2. The second kappa shape index (κ2) is 11.4. The van der Waals surface area contributed by atoms with Gasteiger partial charge in [-0.1, -0.05) is 29.3 Å². The van der Waals surface area contributed by atoms with Gasteiger partial charge >= 0.3 is 0 Å². The average molecular weight is 544 g/mol. The monoisotopic (exact) mass is 543 g/mol. The van der Waals surface area contributed by atoms with Crippen molar-refractivity contribution in [2.24, 2.45) is 0 Å². The number of amides is 2. The zero-order valence-electron chi connectivity index (χ0n) is 19.6. The van der Waals surface area contributed by atoms with Crippen LogP contribution in [0.15, 0.2) is 36.4 Å². The molecular weight excluding hydrogens is 517 g/mol. The van der Waals surface area contributed by atoms with Crippen molar-refractivity contribution in [2.75, 3.05) is 36.9 Å². The van der Waals surface area contributed by atoms with Crippen molar-refractivity contribution in [3.8, 4) is 11.5 Å². The van der Waals surface area contributed by atoms with Crippen LogP contribution in [0.3, 0.4) is 0 Å². The molecule has 0 unspecified atom stereocenters. The van der Waals surface area contributed by atoms with Gasteiger partial charge in [-0.25, -0.2) is 8.42 Å². The number of sulfonamides is 1. The quantitative estimate of drug-likeness (QED) is 0.521. The summed E-state index contributed by atoms with van der Waals surface area (Å²) in [4.78, 5) is 27.3. The molecule has 190 valence electrons. The van der Waals surface area contributed by atoms with Gasteiger partial charge in [0, 0.05) is 29.7 Å². The van der Waals surface area contributed by atoms with Crippen LogP contribution in [0.5, 0.6) is 11.5 Å². The first-order valence-electron chi connectivity index (χ1n) is 10.9. The number of hydrogen-bond acceptors (Lipinski definition) is 6. The third-order valence-corrected chi connectivity index (χ3v) is 7.89. The number of carbonyl (C=O) groups excluding carboxylic acids is 2. The molecule has 12 heteroatoms. The Morgan fingerprint density at radius 1 is 1.09 bits per heavy atom. The highest BCUT2D eigenvalue weighted by Crippen LogP contribution is 2.35. The number of anilines is 1. The molecule has 2 aromatic rings. The molecule has 0 saturated carbocycles. The van der Waals surface area contributed by atoms with E-state index in [2.05, 4.69) is 5.32 Å². The molecule has 0 bridgehead atoms. The standard InChI is InChI=1S/C23H27Cl2N3O6S/c1-4-35(31,32)28(18-7-8-20-21(12-18)34-10-9-33-20)14-22(29)27(15(2)23(30)26-3)13-16-5-6-17(24)11-19(16)25/h5-8,11-12,15H,4,9-10,13-14H2,1-3H3,(H,26,30)/t15-/m1/s1. The minimum atomic E-state index is -3.86. The molecular formula is C23H27Cl2N3O6S. The first-order chi connectivity index (χ1) is 16.6. The molecule has 1 atom stereocenters. The van der Waals surface area contributed by atoms with E-state index in [1.54, 1.807) is 31.2 Å². The zero-order chi connectivity index (χ0) is 25.8. The van der Waals surface area contributed by atoms with Gasteiger partial charge < -0.3 is 19.7 Å². The van der Waals surface area contributed by atoms with Crippen molar-refractivity contribution in [3.63, 3.8) is 0 Å². The molecule has 35 heavy (non-hydrogen) atoms. The summed E-state index contributed by atoms with van der Waals surface area (Å²) in [6.07, 6.45) is 0. The van der Waals surface area contributed by atoms with E-state index in [9.17, 15) is 18.0 Å². The van der Waals surface area contributed by atoms with E-state index < -0.39 is 34.4 Å². The molecule has 0 aliphatic carbocycles. The van der Waals surface area contributed by atoms with Gasteiger partial charge in [-0.15, -0.1) is 0 Å². The normalized spacial score (nSPS) is 13.6. The predicted molar refractivity (Wildman–Crippen MR) is 135 cm³/mol. The molecule has 1 aliphatic rings. The molecule has 2 aromatic carbocycles. The van der Waals surface area contributed by atoms with Crippen molar-refractivity contribution in [2.45, 2.75) is 26.4 Å². The molecule has 1 heterocycles. The van der Waals surface area contributed by atoms with E-state index in [1.165, 1.54) is 31.0 Å². The zero-order valence-corrected chi connectivity index (χ0v) is 21.9. The van der Waals surface area contributed by atoms with Crippen LogP contribution in [0.1, 0.15) is 19.4 Å². The number of halogens is 2. The fraction of sp³-hybridized carbons (Fsp3) is 0.391. The SMILES string of the molecule is CCS(=O)(=O)N(CC(=O)N(Cc1ccc(Cl)cc1Cl)[C@H](C)C(=O)NC)c1ccc2c(c1)OCCO2. The Morgan fingerprint density at radius 2 is 1.77 bits per heavy atom. The van der Waals surface area contributed by atoms with Crippen molar-refractivity contribution < 1.29 is 27.5 Å². The molecule has 1 N–H and O–H groups in total. The number of benzene rings is 2. The van der Waals surface area contributed by atoms with Gasteiger partial charge in [-0.3, -0.25) is 13.9 Å². The van der Waals surface area contributed by atoms with E-state index >= 15 is 0 Å². The van der Waals surface area contributed by atoms with Gasteiger partial charge in [0.05, 0.1) is 11.4 Å². The second-order valence-electron chi connectivity index (χ2n) is 7.78. The van der Waals surface area contributed by atoms with Crippen LogP contribution in [-0.4, -0.2) is 63.7 Å². The van der Waals surface area contributed by atoms with Crippen molar-refractivity contribution in [1.29, 1.82) is 0 Å². The summed E-state index contributed by atoms with van der Waals surface area (Å²) in [5, 5.41) is 3.27. The van der Waals surface area contributed by atoms with Gasteiger partial charge in [-0.05, 0) is 43.7 Å². The number of ether oxygens (including phenoxy) is 2. The largest absolute Gasteiger partial charge is 0.486 e. The topological polar surface area (TPSA) is 105 Å². The van der Waals surface area contributed by atoms with E-state index in [0.717, 1.165) is 4.31 Å². The van der Waals surface area contributed by atoms with Crippen molar-refractivity contribution >= 4 is 50.7 Å². The molecule has 0 fully saturated rings. The summed E-state index contributed by atoms with van der Waals surface area (Å²) < 4.78 is 38.1. The maximum absolute atomic E-state index is 13.5. The van der Waals surface area contributed by atoms with Crippen LogP contribution in [0.2, 0.25) is 10.0 Å². The van der Waals surface area contributed by atoms with Crippen molar-refractivity contribution in [3.05, 3.63) is 52.0 Å². The lowest BCUT2D eigenvalue weighted by atomic mass is 10.1. The Hall–Kier alpha value is -2.69. The van der Waals surface area contributed by atoms with E-state index in [4.69, 9.17) is 32.7 Å². The first-order valence-corrected chi connectivity index (χ1v) is 13.3. The highest BCUT2D eigenvalue weighted by atomic mass is 35.5. The number of fused-ring (bicyclic) bond motifs is 1. The average Bonchev–Trinajstić information content (AvgIpc) is 2.85. The summed E-state index contributed by atoms with van der Waals surface area (Å²) in [5.41, 5.74) is 0.811. The Morgan fingerprint density at radius 3 is 2.40 bits per heavy atom. The maximum atomic E-state index is 13.5. The Labute approximate surface area is 214 Å². The highest BCUT2D eigenvalue weighted by molar-refractivity contribution is 7.92. The fourth-order valence-electron chi connectivity index (χ4n) is 3.53. The smallest absolute Gasteiger partial charge is 0.244 e.